The minimum atomic E-state index is -0.780. The molecule has 5 rings (SSSR count). The van der Waals surface area contributed by atoms with Gasteiger partial charge in [-0.2, -0.15) is 5.48 Å². The summed E-state index contributed by atoms with van der Waals surface area (Å²) >= 11 is 0. The summed E-state index contributed by atoms with van der Waals surface area (Å²) in [6, 6.07) is 18.2. The average molecular weight is 402 g/mol. The Labute approximate surface area is 177 Å². The van der Waals surface area contributed by atoms with E-state index in [1.54, 1.807) is 24.2 Å². The lowest BCUT2D eigenvalue weighted by Gasteiger charge is -2.41. The summed E-state index contributed by atoms with van der Waals surface area (Å²) in [5.41, 5.74) is 7.26. The molecule has 0 fully saturated rings. The number of unbranched alkanes of at least 4 members (excludes halogenated alkanes) is 1. The summed E-state index contributed by atoms with van der Waals surface area (Å²) in [5.74, 6) is -0.145. The van der Waals surface area contributed by atoms with Crippen molar-refractivity contribution < 1.29 is 10.0 Å². The van der Waals surface area contributed by atoms with Crippen molar-refractivity contribution in [1.29, 1.82) is 0 Å². The molecule has 1 atom stereocenters. The van der Waals surface area contributed by atoms with Gasteiger partial charge in [0.25, 0.3) is 5.91 Å². The zero-order valence-electron chi connectivity index (χ0n) is 17.6. The molecule has 0 saturated carbocycles. The van der Waals surface area contributed by atoms with Crippen LogP contribution in [0.4, 0.5) is 0 Å². The van der Waals surface area contributed by atoms with Crippen LogP contribution in [0.15, 0.2) is 67.0 Å². The maximum Gasteiger partial charge on any atom is 0.258 e. The number of rotatable bonds is 3. The SMILES string of the molecule is CC(NO)N1C(=O)c2cnccc2C12c1ccccc1-c1ccccc12.CCCC. The number of benzene rings is 2. The van der Waals surface area contributed by atoms with E-state index in [9.17, 15) is 10.0 Å². The number of nitrogens with one attached hydrogen (secondary N) is 1. The fourth-order valence-electron chi connectivity index (χ4n) is 4.58. The minimum Gasteiger partial charge on any atom is -0.315 e. The van der Waals surface area contributed by atoms with Gasteiger partial charge in [-0.05, 0) is 35.2 Å². The number of amides is 1. The highest BCUT2D eigenvalue weighted by atomic mass is 16.5. The third-order valence-electron chi connectivity index (χ3n) is 6.02. The van der Waals surface area contributed by atoms with Crippen molar-refractivity contribution in [1.82, 2.24) is 15.4 Å². The molecular formula is C25H27N3O2. The third kappa shape index (κ3) is 2.70. The van der Waals surface area contributed by atoms with Gasteiger partial charge in [0.05, 0.1) is 5.56 Å². The van der Waals surface area contributed by atoms with E-state index >= 15 is 0 Å². The number of pyridine rings is 1. The summed E-state index contributed by atoms with van der Waals surface area (Å²) in [4.78, 5) is 19.2. The first-order valence-corrected chi connectivity index (χ1v) is 10.5. The molecule has 0 saturated heterocycles. The van der Waals surface area contributed by atoms with Crippen LogP contribution >= 0.6 is 0 Å². The molecule has 1 spiro atoms. The fraction of sp³-hybridized carbons (Fsp3) is 0.280. The molecule has 1 aromatic heterocycles. The van der Waals surface area contributed by atoms with Gasteiger partial charge in [0.2, 0.25) is 0 Å². The van der Waals surface area contributed by atoms with Gasteiger partial charge < -0.3 is 10.1 Å². The van der Waals surface area contributed by atoms with E-state index in [1.807, 2.05) is 30.3 Å². The van der Waals surface area contributed by atoms with Gasteiger partial charge in [0.1, 0.15) is 11.7 Å². The Balaban J connectivity index is 0.000000503. The second kappa shape index (κ2) is 8.01. The van der Waals surface area contributed by atoms with Gasteiger partial charge in [-0.25, -0.2) is 0 Å². The van der Waals surface area contributed by atoms with E-state index in [0.29, 0.717) is 5.56 Å². The highest BCUT2D eigenvalue weighted by molar-refractivity contribution is 6.04. The van der Waals surface area contributed by atoms with Gasteiger partial charge in [0, 0.05) is 18.0 Å². The highest BCUT2D eigenvalue weighted by Gasteiger charge is 2.57. The van der Waals surface area contributed by atoms with Crippen molar-refractivity contribution in [2.75, 3.05) is 0 Å². The zero-order chi connectivity index (χ0) is 21.3. The topological polar surface area (TPSA) is 65.5 Å². The summed E-state index contributed by atoms with van der Waals surface area (Å²) in [6.45, 7) is 6.14. The Morgan fingerprint density at radius 2 is 1.47 bits per heavy atom. The van der Waals surface area contributed by atoms with Crippen LogP contribution in [0.1, 0.15) is 60.7 Å². The zero-order valence-corrected chi connectivity index (χ0v) is 17.6. The van der Waals surface area contributed by atoms with Crippen molar-refractivity contribution in [2.24, 2.45) is 0 Å². The maximum absolute atomic E-state index is 13.3. The van der Waals surface area contributed by atoms with E-state index in [1.165, 1.54) is 12.8 Å². The molecule has 154 valence electrons. The van der Waals surface area contributed by atoms with Gasteiger partial charge in [-0.3, -0.25) is 9.78 Å². The van der Waals surface area contributed by atoms with E-state index in [0.717, 1.165) is 27.8 Å². The molecule has 0 bridgehead atoms. The molecule has 2 N–H and O–H groups in total. The summed E-state index contributed by atoms with van der Waals surface area (Å²) in [5, 5.41) is 9.67. The van der Waals surface area contributed by atoms with Crippen molar-refractivity contribution in [2.45, 2.75) is 45.3 Å². The number of fused-ring (bicyclic) bond motifs is 7. The van der Waals surface area contributed by atoms with Crippen LogP contribution in [0.2, 0.25) is 0 Å². The van der Waals surface area contributed by atoms with Gasteiger partial charge >= 0.3 is 0 Å². The molecule has 30 heavy (non-hydrogen) atoms. The van der Waals surface area contributed by atoms with Crippen LogP contribution in [0.3, 0.4) is 0 Å². The number of hydrogen-bond donors (Lipinski definition) is 2. The van der Waals surface area contributed by atoms with Crippen LogP contribution in [-0.4, -0.2) is 27.2 Å². The van der Waals surface area contributed by atoms with Crippen LogP contribution in [0.25, 0.3) is 11.1 Å². The first-order valence-electron chi connectivity index (χ1n) is 10.5. The molecule has 1 aliphatic carbocycles. The van der Waals surface area contributed by atoms with E-state index in [-0.39, 0.29) is 5.91 Å². The highest BCUT2D eigenvalue weighted by Crippen LogP contribution is 2.58. The molecule has 1 aliphatic heterocycles. The molecule has 5 nitrogen and oxygen atoms in total. The fourth-order valence-corrected chi connectivity index (χ4v) is 4.58. The van der Waals surface area contributed by atoms with Gasteiger partial charge in [-0.1, -0.05) is 75.2 Å². The summed E-state index contributed by atoms with van der Waals surface area (Å²) in [6.07, 6.45) is 5.40. The Kier molecular flexibility index (Phi) is 5.41. The van der Waals surface area contributed by atoms with E-state index in [2.05, 4.69) is 48.6 Å². The Morgan fingerprint density at radius 1 is 0.933 bits per heavy atom. The van der Waals surface area contributed by atoms with Crippen LogP contribution in [-0.2, 0) is 5.54 Å². The first-order chi connectivity index (χ1) is 14.6. The lowest BCUT2D eigenvalue weighted by molar-refractivity contribution is 0.0130. The quantitative estimate of drug-likeness (QED) is 0.610. The monoisotopic (exact) mass is 401 g/mol. The lowest BCUT2D eigenvalue weighted by Crippen LogP contribution is -2.53. The number of hydroxylamine groups is 1. The average Bonchev–Trinajstić information content (AvgIpc) is 3.25. The molecule has 2 aromatic carbocycles. The number of carbonyl (C=O) groups excluding carboxylic acids is 1. The van der Waals surface area contributed by atoms with Crippen LogP contribution < -0.4 is 5.48 Å². The molecule has 3 aromatic rings. The Morgan fingerprint density at radius 3 is 2.00 bits per heavy atom. The van der Waals surface area contributed by atoms with Gasteiger partial charge in [-0.15, -0.1) is 0 Å². The van der Waals surface area contributed by atoms with E-state index < -0.39 is 11.7 Å². The maximum atomic E-state index is 13.3. The standard InChI is InChI=1S/C21H17N3O2.C4H10/c1-13(23-26)24-20(25)16-12-22-11-10-19(16)21(24)17-8-4-2-6-14(17)15-7-3-5-9-18(15)21;1-3-4-2/h2-13,23,26H,1H3;3-4H2,1-2H3. The molecule has 5 heteroatoms. The molecule has 2 aliphatic rings. The Hall–Kier alpha value is -3.02. The largest absolute Gasteiger partial charge is 0.315 e. The van der Waals surface area contributed by atoms with Crippen molar-refractivity contribution >= 4 is 5.91 Å². The van der Waals surface area contributed by atoms with Crippen LogP contribution in [0.5, 0.6) is 0 Å². The van der Waals surface area contributed by atoms with Crippen molar-refractivity contribution in [3.63, 3.8) is 0 Å². The van der Waals surface area contributed by atoms with Crippen molar-refractivity contribution in [3.05, 3.63) is 89.2 Å². The third-order valence-corrected chi connectivity index (χ3v) is 6.02. The minimum absolute atomic E-state index is 0.145. The lowest BCUT2D eigenvalue weighted by atomic mass is 9.81. The Bertz CT molecular complexity index is 1030. The predicted molar refractivity (Wildman–Crippen MR) is 117 cm³/mol. The number of nitrogens with zero attached hydrogens (tertiary/aromatic N) is 2. The normalized spacial score (nSPS) is 15.9. The molecule has 1 unspecified atom stereocenters. The second-order valence-corrected chi connectivity index (χ2v) is 7.70. The second-order valence-electron chi connectivity index (χ2n) is 7.70. The predicted octanol–water partition coefficient (Wildman–Crippen LogP) is 4.94. The number of carbonyl (C=O) groups is 1. The summed E-state index contributed by atoms with van der Waals surface area (Å²) < 4.78 is 0. The first kappa shape index (κ1) is 20.3. The molecular weight excluding hydrogens is 374 g/mol. The van der Waals surface area contributed by atoms with Crippen molar-refractivity contribution in [3.8, 4) is 11.1 Å². The smallest absolute Gasteiger partial charge is 0.258 e. The molecule has 1 amide bonds. The van der Waals surface area contributed by atoms with Gasteiger partial charge in [0.15, 0.2) is 0 Å². The molecule has 0 radical (unpaired) electrons. The van der Waals surface area contributed by atoms with Crippen LogP contribution in [0, 0.1) is 0 Å². The van der Waals surface area contributed by atoms with E-state index in [4.69, 9.17) is 0 Å². The number of aromatic nitrogens is 1. The number of hydrogen-bond acceptors (Lipinski definition) is 4. The molecule has 2 heterocycles. The summed E-state index contributed by atoms with van der Waals surface area (Å²) in [7, 11) is 0.